The van der Waals surface area contributed by atoms with E-state index in [1.807, 2.05) is 6.07 Å². The van der Waals surface area contributed by atoms with Crippen LogP contribution in [0.15, 0.2) is 18.2 Å². The van der Waals surface area contributed by atoms with Crippen LogP contribution in [0.5, 0.6) is 0 Å². The van der Waals surface area contributed by atoms with Gasteiger partial charge in [0.05, 0.1) is 0 Å². The summed E-state index contributed by atoms with van der Waals surface area (Å²) in [7, 11) is 0. The number of hydrogen-bond acceptors (Lipinski definition) is 2. The Balaban J connectivity index is 3.02. The van der Waals surface area contributed by atoms with E-state index < -0.39 is 0 Å². The van der Waals surface area contributed by atoms with E-state index >= 15 is 0 Å². The average Bonchev–Trinajstić information content (AvgIpc) is 2.28. The third-order valence-electron chi connectivity index (χ3n) is 2.63. The standard InChI is InChI=1S/C13H21FN2/c1-3-8-16(9-4-2)13-7-5-6-12(14)11(13)10-15/h5-7H,3-4,8-10,15H2,1-2H3. The minimum atomic E-state index is -0.197. The minimum Gasteiger partial charge on any atom is -0.371 e. The molecule has 0 saturated carbocycles. The maximum atomic E-state index is 13.6. The van der Waals surface area contributed by atoms with Crippen molar-refractivity contribution in [1.82, 2.24) is 0 Å². The number of nitrogens with two attached hydrogens (primary N) is 1. The van der Waals surface area contributed by atoms with Gasteiger partial charge >= 0.3 is 0 Å². The summed E-state index contributed by atoms with van der Waals surface area (Å²) in [5, 5.41) is 0. The highest BCUT2D eigenvalue weighted by Crippen LogP contribution is 2.23. The van der Waals surface area contributed by atoms with Crippen LogP contribution in [0.1, 0.15) is 32.3 Å². The van der Waals surface area contributed by atoms with Gasteiger partial charge in [0.2, 0.25) is 0 Å². The lowest BCUT2D eigenvalue weighted by atomic mass is 10.1. The van der Waals surface area contributed by atoms with Gasteiger partial charge in [-0.1, -0.05) is 19.9 Å². The molecule has 0 aliphatic carbocycles. The Morgan fingerprint density at radius 1 is 1.19 bits per heavy atom. The monoisotopic (exact) mass is 224 g/mol. The molecule has 0 bridgehead atoms. The predicted octanol–water partition coefficient (Wildman–Crippen LogP) is 2.91. The van der Waals surface area contributed by atoms with Crippen molar-refractivity contribution in [3.63, 3.8) is 0 Å². The van der Waals surface area contributed by atoms with Gasteiger partial charge in [-0.2, -0.15) is 0 Å². The lowest BCUT2D eigenvalue weighted by Gasteiger charge is -2.26. The molecule has 1 aromatic rings. The second kappa shape index (κ2) is 6.48. The van der Waals surface area contributed by atoms with Crippen LogP contribution in [0.2, 0.25) is 0 Å². The van der Waals surface area contributed by atoms with Crippen molar-refractivity contribution >= 4 is 5.69 Å². The SMILES string of the molecule is CCCN(CCC)c1cccc(F)c1CN. The Hall–Kier alpha value is -1.09. The molecule has 0 atom stereocenters. The highest BCUT2D eigenvalue weighted by atomic mass is 19.1. The van der Waals surface area contributed by atoms with Crippen molar-refractivity contribution in [3.05, 3.63) is 29.6 Å². The Morgan fingerprint density at radius 3 is 2.31 bits per heavy atom. The summed E-state index contributed by atoms with van der Waals surface area (Å²) >= 11 is 0. The van der Waals surface area contributed by atoms with E-state index in [0.29, 0.717) is 5.56 Å². The lowest BCUT2D eigenvalue weighted by molar-refractivity contribution is 0.607. The van der Waals surface area contributed by atoms with Crippen molar-refractivity contribution < 1.29 is 4.39 Å². The largest absolute Gasteiger partial charge is 0.371 e. The molecule has 0 aliphatic heterocycles. The molecule has 0 heterocycles. The highest BCUT2D eigenvalue weighted by Gasteiger charge is 2.12. The summed E-state index contributed by atoms with van der Waals surface area (Å²) in [4.78, 5) is 2.21. The molecular formula is C13H21FN2. The first-order chi connectivity index (χ1) is 7.74. The summed E-state index contributed by atoms with van der Waals surface area (Å²) in [6.07, 6.45) is 2.11. The maximum Gasteiger partial charge on any atom is 0.129 e. The Bertz CT molecular complexity index is 320. The zero-order valence-corrected chi connectivity index (χ0v) is 10.2. The van der Waals surface area contributed by atoms with E-state index in [0.717, 1.165) is 31.6 Å². The third kappa shape index (κ3) is 2.95. The van der Waals surface area contributed by atoms with E-state index in [9.17, 15) is 4.39 Å². The van der Waals surface area contributed by atoms with Gasteiger partial charge in [-0.25, -0.2) is 4.39 Å². The number of anilines is 1. The van der Waals surface area contributed by atoms with Gasteiger partial charge in [0.1, 0.15) is 5.82 Å². The van der Waals surface area contributed by atoms with Crippen molar-refractivity contribution in [1.29, 1.82) is 0 Å². The predicted molar refractivity (Wildman–Crippen MR) is 67.1 cm³/mol. The van der Waals surface area contributed by atoms with Gasteiger partial charge in [0, 0.05) is 30.9 Å². The fraction of sp³-hybridized carbons (Fsp3) is 0.538. The van der Waals surface area contributed by atoms with Crippen molar-refractivity contribution in [2.45, 2.75) is 33.2 Å². The van der Waals surface area contributed by atoms with Crippen LogP contribution in [0, 0.1) is 5.82 Å². The summed E-state index contributed by atoms with van der Waals surface area (Å²) in [5.74, 6) is -0.197. The number of hydrogen-bond donors (Lipinski definition) is 1. The molecule has 3 heteroatoms. The average molecular weight is 224 g/mol. The van der Waals surface area contributed by atoms with E-state index in [1.54, 1.807) is 6.07 Å². The van der Waals surface area contributed by atoms with Gasteiger partial charge in [-0.3, -0.25) is 0 Å². The molecule has 0 amide bonds. The fourth-order valence-electron chi connectivity index (χ4n) is 1.94. The smallest absolute Gasteiger partial charge is 0.129 e. The second-order valence-corrected chi connectivity index (χ2v) is 3.93. The normalized spacial score (nSPS) is 10.5. The molecular weight excluding hydrogens is 203 g/mol. The van der Waals surface area contributed by atoms with Crippen molar-refractivity contribution in [2.24, 2.45) is 5.73 Å². The van der Waals surface area contributed by atoms with Crippen LogP contribution < -0.4 is 10.6 Å². The lowest BCUT2D eigenvalue weighted by Crippen LogP contribution is -2.26. The number of benzene rings is 1. The summed E-state index contributed by atoms with van der Waals surface area (Å²) in [6, 6.07) is 5.18. The molecule has 90 valence electrons. The summed E-state index contributed by atoms with van der Waals surface area (Å²) in [5.41, 5.74) is 7.19. The van der Waals surface area contributed by atoms with Crippen molar-refractivity contribution in [3.8, 4) is 0 Å². The van der Waals surface area contributed by atoms with Crippen LogP contribution in [-0.2, 0) is 6.54 Å². The number of halogens is 1. The zero-order valence-electron chi connectivity index (χ0n) is 10.2. The van der Waals surface area contributed by atoms with Gasteiger partial charge in [-0.05, 0) is 25.0 Å². The van der Waals surface area contributed by atoms with Gasteiger partial charge in [-0.15, -0.1) is 0 Å². The van der Waals surface area contributed by atoms with Crippen LogP contribution in [0.4, 0.5) is 10.1 Å². The van der Waals surface area contributed by atoms with Crippen molar-refractivity contribution in [2.75, 3.05) is 18.0 Å². The molecule has 0 unspecified atom stereocenters. The molecule has 1 aromatic carbocycles. The molecule has 1 rings (SSSR count). The number of nitrogens with zero attached hydrogens (tertiary/aromatic N) is 1. The minimum absolute atomic E-state index is 0.197. The third-order valence-corrected chi connectivity index (χ3v) is 2.63. The molecule has 0 spiro atoms. The number of rotatable bonds is 6. The molecule has 16 heavy (non-hydrogen) atoms. The van der Waals surface area contributed by atoms with Gasteiger partial charge < -0.3 is 10.6 Å². The van der Waals surface area contributed by atoms with Gasteiger partial charge in [0.25, 0.3) is 0 Å². The summed E-state index contributed by atoms with van der Waals surface area (Å²) < 4.78 is 13.6. The zero-order chi connectivity index (χ0) is 12.0. The maximum absolute atomic E-state index is 13.6. The molecule has 2 nitrogen and oxygen atoms in total. The molecule has 0 aliphatic rings. The Morgan fingerprint density at radius 2 is 1.81 bits per heavy atom. The molecule has 0 aromatic heterocycles. The molecule has 0 radical (unpaired) electrons. The first kappa shape index (κ1) is 13.0. The highest BCUT2D eigenvalue weighted by molar-refractivity contribution is 5.54. The fourth-order valence-corrected chi connectivity index (χ4v) is 1.94. The van der Waals surface area contributed by atoms with E-state index in [2.05, 4.69) is 18.7 Å². The Kier molecular flexibility index (Phi) is 5.26. The Labute approximate surface area is 97.3 Å². The molecule has 2 N–H and O–H groups in total. The van der Waals surface area contributed by atoms with E-state index in [1.165, 1.54) is 6.07 Å². The first-order valence-electron chi connectivity index (χ1n) is 5.97. The van der Waals surface area contributed by atoms with E-state index in [4.69, 9.17) is 5.73 Å². The molecule has 0 fully saturated rings. The quantitative estimate of drug-likeness (QED) is 0.805. The topological polar surface area (TPSA) is 29.3 Å². The summed E-state index contributed by atoms with van der Waals surface area (Å²) in [6.45, 7) is 6.41. The van der Waals surface area contributed by atoms with E-state index in [-0.39, 0.29) is 12.4 Å². The second-order valence-electron chi connectivity index (χ2n) is 3.93. The first-order valence-corrected chi connectivity index (χ1v) is 5.97. The van der Waals surface area contributed by atoms with Gasteiger partial charge in [0.15, 0.2) is 0 Å². The van der Waals surface area contributed by atoms with Crippen LogP contribution >= 0.6 is 0 Å². The van der Waals surface area contributed by atoms with Crippen LogP contribution in [0.3, 0.4) is 0 Å². The van der Waals surface area contributed by atoms with Crippen LogP contribution in [0.25, 0.3) is 0 Å². The molecule has 0 saturated heterocycles. The van der Waals surface area contributed by atoms with Crippen LogP contribution in [-0.4, -0.2) is 13.1 Å².